The van der Waals surface area contributed by atoms with Gasteiger partial charge >= 0.3 is 35.5 Å². The normalized spacial score (nSPS) is 12.4. The number of esters is 1. The Morgan fingerprint density at radius 2 is 1.46 bits per heavy atom. The molecule has 0 unspecified atom stereocenters. The number of sulfone groups is 1. The van der Waals surface area contributed by atoms with Gasteiger partial charge < -0.3 is 24.9 Å². The van der Waals surface area contributed by atoms with E-state index in [2.05, 4.69) is 20.1 Å². The van der Waals surface area contributed by atoms with Crippen molar-refractivity contribution in [1.82, 2.24) is 34.7 Å². The van der Waals surface area contributed by atoms with Crippen LogP contribution in [0.15, 0.2) is 66.1 Å². The molecule has 0 amide bonds. The molecular formula is C41H47F2N8NaO8S. The van der Waals surface area contributed by atoms with Crippen molar-refractivity contribution < 1.29 is 76.4 Å². The monoisotopic (exact) mass is 872 g/mol. The fraction of sp³-hybridized carbons (Fsp3) is 0.366. The summed E-state index contributed by atoms with van der Waals surface area (Å²) < 4.78 is 57.4. The summed E-state index contributed by atoms with van der Waals surface area (Å²) in [5.41, 5.74) is 3.29. The SMILES string of the molecule is CC(C)c1nc(N(C)c2ncnn2C)nc(-c2ccc(F)cc2)c1/C=C/[C@@H](O)C[C@@H](O)CC(=O)[O-].CCOC(=O)c1c(-c2ccc(F)cc2)nc(S(C)(=O)=O)nc1C(C)C.[Na+]. The van der Waals surface area contributed by atoms with E-state index in [9.17, 15) is 42.1 Å². The summed E-state index contributed by atoms with van der Waals surface area (Å²) in [6.45, 7) is 9.29. The second kappa shape index (κ2) is 22.2. The number of benzene rings is 2. The van der Waals surface area contributed by atoms with E-state index in [4.69, 9.17) is 14.7 Å². The fourth-order valence-corrected chi connectivity index (χ4v) is 6.36. The van der Waals surface area contributed by atoms with E-state index < -0.39 is 52.0 Å². The number of aliphatic hydroxyl groups is 2. The minimum atomic E-state index is -3.70. The first kappa shape index (κ1) is 50.3. The van der Waals surface area contributed by atoms with E-state index in [1.165, 1.54) is 48.8 Å². The van der Waals surface area contributed by atoms with Crippen molar-refractivity contribution >= 4 is 39.7 Å². The summed E-state index contributed by atoms with van der Waals surface area (Å²) in [7, 11) is -0.194. The minimum Gasteiger partial charge on any atom is -0.550 e. The van der Waals surface area contributed by atoms with Gasteiger partial charge in [0.1, 0.15) is 23.5 Å². The van der Waals surface area contributed by atoms with Crippen LogP contribution in [-0.2, 0) is 26.4 Å². The van der Waals surface area contributed by atoms with E-state index in [0.717, 1.165) is 6.26 Å². The molecule has 61 heavy (non-hydrogen) atoms. The molecule has 16 nitrogen and oxygen atoms in total. The van der Waals surface area contributed by atoms with E-state index in [1.54, 1.807) is 62.7 Å². The summed E-state index contributed by atoms with van der Waals surface area (Å²) in [5.74, 6) is -2.32. The molecule has 0 saturated heterocycles. The topological polar surface area (TPSA) is 227 Å². The fourth-order valence-electron chi connectivity index (χ4n) is 5.84. The standard InChI is InChI=1S/C24H29FN6O4.C17H19FN2O4S.Na/c1-14(2)21-19(10-9-17(32)11-18(33)12-20(34)35)22(15-5-7-16(25)8-6-15)29-23(28-21)30(3)24-26-13-27-31(24)4;1-5-24-16(21)13-14(10(2)3)19-17(25(4,22)23)20-15(13)11-6-8-12(18)9-7-11;/h5-10,13-14,17-18,32-33H,11-12H2,1-4H3,(H,34,35);6-10H,5H2,1-4H3;/q;;+1/p-1/b10-9+;;/t17-,18-;;/m1../s1. The van der Waals surface area contributed by atoms with Gasteiger partial charge in [-0.3, -0.25) is 4.90 Å². The summed E-state index contributed by atoms with van der Waals surface area (Å²) in [6, 6.07) is 11.1. The zero-order valence-corrected chi connectivity index (χ0v) is 38.2. The third kappa shape index (κ3) is 13.5. The molecule has 0 saturated carbocycles. The number of halogens is 2. The van der Waals surface area contributed by atoms with Gasteiger partial charge in [-0.25, -0.2) is 46.6 Å². The predicted molar refractivity (Wildman–Crippen MR) is 216 cm³/mol. The molecule has 0 aliphatic rings. The maximum absolute atomic E-state index is 13.6. The van der Waals surface area contributed by atoms with Crippen molar-refractivity contribution in [2.24, 2.45) is 7.05 Å². The Bertz CT molecular complexity index is 2430. The average molecular weight is 873 g/mol. The first-order valence-electron chi connectivity index (χ1n) is 18.8. The maximum atomic E-state index is 13.6. The Morgan fingerprint density at radius 1 is 0.902 bits per heavy atom. The van der Waals surface area contributed by atoms with Crippen molar-refractivity contribution in [2.45, 2.75) is 76.7 Å². The number of aliphatic hydroxyl groups excluding tert-OH is 2. The van der Waals surface area contributed by atoms with Crippen LogP contribution >= 0.6 is 0 Å². The van der Waals surface area contributed by atoms with Crippen LogP contribution in [-0.4, -0.2) is 97.4 Å². The Balaban J connectivity index is 0.000000338. The number of rotatable bonds is 15. The molecule has 20 heteroatoms. The van der Waals surface area contributed by atoms with Crippen LogP contribution in [0.2, 0.25) is 0 Å². The number of hydrogen-bond donors (Lipinski definition) is 2. The van der Waals surface area contributed by atoms with Gasteiger partial charge in [-0.2, -0.15) is 10.1 Å². The molecule has 5 rings (SSSR count). The second-order valence-electron chi connectivity index (χ2n) is 14.2. The van der Waals surface area contributed by atoms with Crippen molar-refractivity contribution in [3.8, 4) is 22.5 Å². The number of carbonyl (C=O) groups excluding carboxylic acids is 2. The first-order chi connectivity index (χ1) is 28.2. The molecule has 3 heterocycles. The summed E-state index contributed by atoms with van der Waals surface area (Å²) in [4.78, 5) is 46.7. The van der Waals surface area contributed by atoms with Crippen molar-refractivity contribution in [3.63, 3.8) is 0 Å². The molecule has 2 aromatic carbocycles. The van der Waals surface area contributed by atoms with Gasteiger partial charge in [0, 0.05) is 55.9 Å². The van der Waals surface area contributed by atoms with Crippen LogP contribution in [0, 0.1) is 11.6 Å². The number of aliphatic carboxylic acids is 1. The number of anilines is 2. The smallest absolute Gasteiger partial charge is 0.550 e. The number of carboxylic acid groups (broad SMARTS) is 1. The van der Waals surface area contributed by atoms with E-state index in [0.29, 0.717) is 40.0 Å². The molecule has 5 aromatic rings. The number of carbonyl (C=O) groups is 2. The van der Waals surface area contributed by atoms with Gasteiger partial charge in [-0.1, -0.05) is 39.8 Å². The maximum Gasteiger partial charge on any atom is 1.00 e. The zero-order chi connectivity index (χ0) is 44.5. The van der Waals surface area contributed by atoms with Crippen LogP contribution in [0.25, 0.3) is 28.6 Å². The van der Waals surface area contributed by atoms with Crippen LogP contribution in [0.1, 0.15) is 86.6 Å². The number of carboxylic acids is 1. The summed E-state index contributed by atoms with van der Waals surface area (Å²) in [6.07, 6.45) is 2.37. The molecule has 0 aliphatic carbocycles. The number of hydrogen-bond acceptors (Lipinski definition) is 15. The minimum absolute atomic E-state index is 0. The van der Waals surface area contributed by atoms with Crippen molar-refractivity contribution in [2.75, 3.05) is 24.8 Å². The largest absolute Gasteiger partial charge is 1.00 e. The number of aromatic nitrogens is 7. The molecule has 0 fully saturated rings. The Hall–Kier alpha value is -5.05. The number of aryl methyl sites for hydroxylation is 1. The molecule has 320 valence electrons. The average Bonchev–Trinajstić information content (AvgIpc) is 3.61. The summed E-state index contributed by atoms with van der Waals surface area (Å²) in [5, 5.41) is 34.5. The number of nitrogens with zero attached hydrogens (tertiary/aromatic N) is 8. The predicted octanol–water partition coefficient (Wildman–Crippen LogP) is 1.56. The third-order valence-electron chi connectivity index (χ3n) is 8.71. The Labute approximate surface area is 375 Å². The third-order valence-corrected chi connectivity index (χ3v) is 9.55. The Kier molecular flexibility index (Phi) is 18.3. The number of ether oxygens (including phenoxy) is 1. The van der Waals surface area contributed by atoms with E-state index >= 15 is 0 Å². The second-order valence-corrected chi connectivity index (χ2v) is 16.1. The summed E-state index contributed by atoms with van der Waals surface area (Å²) >= 11 is 0. The van der Waals surface area contributed by atoms with Crippen molar-refractivity contribution in [1.29, 1.82) is 0 Å². The van der Waals surface area contributed by atoms with Crippen LogP contribution in [0.4, 0.5) is 20.7 Å². The van der Waals surface area contributed by atoms with Gasteiger partial charge in [-0.15, -0.1) is 0 Å². The zero-order valence-electron chi connectivity index (χ0n) is 35.4. The van der Waals surface area contributed by atoms with E-state index in [-0.39, 0.29) is 76.5 Å². The Morgan fingerprint density at radius 3 is 1.93 bits per heavy atom. The molecule has 2 N–H and O–H groups in total. The van der Waals surface area contributed by atoms with Gasteiger partial charge in [0.05, 0.1) is 41.6 Å². The molecule has 0 aliphatic heterocycles. The first-order valence-corrected chi connectivity index (χ1v) is 20.7. The molecule has 0 radical (unpaired) electrons. The van der Waals surface area contributed by atoms with Crippen LogP contribution in [0.3, 0.4) is 0 Å². The molecular weight excluding hydrogens is 826 g/mol. The van der Waals surface area contributed by atoms with Gasteiger partial charge in [-0.05, 0) is 67.3 Å². The molecule has 0 bridgehead atoms. The van der Waals surface area contributed by atoms with Crippen molar-refractivity contribution in [3.05, 3.63) is 95.1 Å². The van der Waals surface area contributed by atoms with Gasteiger partial charge in [0.25, 0.3) is 0 Å². The van der Waals surface area contributed by atoms with E-state index in [1.807, 2.05) is 13.8 Å². The molecule has 2 atom stereocenters. The molecule has 3 aromatic heterocycles. The molecule has 0 spiro atoms. The van der Waals surface area contributed by atoms with Crippen LogP contribution < -0.4 is 39.6 Å². The van der Waals surface area contributed by atoms with Gasteiger partial charge in [0.15, 0.2) is 0 Å². The van der Waals surface area contributed by atoms with Gasteiger partial charge in [0.2, 0.25) is 26.9 Å². The van der Waals surface area contributed by atoms with Crippen LogP contribution in [0.5, 0.6) is 0 Å². The quantitative estimate of drug-likeness (QED) is 0.0865.